The molecule has 4 aromatic rings. The van der Waals surface area contributed by atoms with Crippen molar-refractivity contribution >= 4 is 22.6 Å². The summed E-state index contributed by atoms with van der Waals surface area (Å²) in [5, 5.41) is 1.06. The van der Waals surface area contributed by atoms with Crippen LogP contribution in [-0.2, 0) is 17.4 Å². The van der Waals surface area contributed by atoms with Crippen LogP contribution in [0, 0.1) is 6.92 Å². The van der Waals surface area contributed by atoms with Gasteiger partial charge in [0.1, 0.15) is 5.69 Å². The Labute approximate surface area is 175 Å². The first kappa shape index (κ1) is 18.4. The first-order valence-corrected chi connectivity index (χ1v) is 9.96. The Morgan fingerprint density at radius 1 is 1.00 bits per heavy atom. The summed E-state index contributed by atoms with van der Waals surface area (Å²) in [5.41, 5.74) is 5.13. The van der Waals surface area contributed by atoms with E-state index in [0.29, 0.717) is 11.3 Å². The van der Waals surface area contributed by atoms with Crippen LogP contribution in [0.4, 0.5) is 5.69 Å². The molecule has 0 aliphatic carbocycles. The van der Waals surface area contributed by atoms with E-state index in [1.165, 1.54) is 0 Å². The van der Waals surface area contributed by atoms with E-state index in [4.69, 9.17) is 4.74 Å². The number of anilines is 1. The monoisotopic (exact) mass is 397 g/mol. The molecular weight excluding hydrogens is 374 g/mol. The number of pyridine rings is 1. The molecule has 0 amide bonds. The van der Waals surface area contributed by atoms with Gasteiger partial charge in [-0.1, -0.05) is 30.3 Å². The lowest BCUT2D eigenvalue weighted by molar-refractivity contribution is 0.0245. The predicted octanol–water partition coefficient (Wildman–Crippen LogP) is 4.41. The number of para-hydroxylation sites is 1. The molecule has 0 saturated heterocycles. The Bertz CT molecular complexity index is 1290. The van der Waals surface area contributed by atoms with Gasteiger partial charge < -0.3 is 14.2 Å². The van der Waals surface area contributed by atoms with Gasteiger partial charge in [-0.25, -0.2) is 4.79 Å². The van der Waals surface area contributed by atoms with Crippen molar-refractivity contribution in [3.63, 3.8) is 0 Å². The normalized spacial score (nSPS) is 17.8. The van der Waals surface area contributed by atoms with Crippen molar-refractivity contribution in [3.05, 3.63) is 94.9 Å². The first-order chi connectivity index (χ1) is 14.4. The molecule has 5 heteroatoms. The molecule has 1 aliphatic heterocycles. The van der Waals surface area contributed by atoms with Crippen LogP contribution in [0.3, 0.4) is 0 Å². The summed E-state index contributed by atoms with van der Waals surface area (Å²) in [5.74, 6) is -0.345. The highest BCUT2D eigenvalue weighted by Gasteiger charge is 2.52. The second kappa shape index (κ2) is 6.46. The zero-order valence-corrected chi connectivity index (χ0v) is 17.5. The number of carbonyl (C=O) groups excluding carboxylic acids is 1. The predicted molar refractivity (Wildman–Crippen MR) is 118 cm³/mol. The van der Waals surface area contributed by atoms with Crippen LogP contribution in [0.25, 0.3) is 10.9 Å². The molecule has 1 unspecified atom stereocenters. The molecule has 1 aliphatic rings. The van der Waals surface area contributed by atoms with Crippen molar-refractivity contribution in [2.24, 2.45) is 7.05 Å². The van der Waals surface area contributed by atoms with Crippen LogP contribution in [0.1, 0.15) is 32.9 Å². The molecule has 2 aromatic carbocycles. The number of hydrogen-bond donors (Lipinski definition) is 0. The van der Waals surface area contributed by atoms with Crippen LogP contribution in [0.15, 0.2) is 66.9 Å². The van der Waals surface area contributed by atoms with Crippen LogP contribution < -0.4 is 4.90 Å². The molecule has 0 radical (unpaired) electrons. The fourth-order valence-electron chi connectivity index (χ4n) is 4.56. The Hall–Kier alpha value is -3.60. The average Bonchev–Trinajstić information content (AvgIpc) is 3.20. The third-order valence-corrected chi connectivity index (χ3v) is 6.15. The molecule has 0 saturated carbocycles. The Morgan fingerprint density at radius 3 is 2.47 bits per heavy atom. The minimum Gasteiger partial charge on any atom is -0.439 e. The lowest BCUT2D eigenvalue weighted by Crippen LogP contribution is -2.31. The average molecular weight is 397 g/mol. The van der Waals surface area contributed by atoms with Crippen molar-refractivity contribution in [2.45, 2.75) is 12.5 Å². The molecule has 0 N–H and O–H groups in total. The van der Waals surface area contributed by atoms with Crippen molar-refractivity contribution in [2.75, 3.05) is 19.0 Å². The summed E-state index contributed by atoms with van der Waals surface area (Å²) in [6.07, 6.45) is 1.73. The Morgan fingerprint density at radius 2 is 1.73 bits per heavy atom. The molecule has 30 heavy (non-hydrogen) atoms. The fourth-order valence-corrected chi connectivity index (χ4v) is 4.56. The van der Waals surface area contributed by atoms with E-state index < -0.39 is 5.60 Å². The van der Waals surface area contributed by atoms with Gasteiger partial charge in [0.2, 0.25) is 5.60 Å². The van der Waals surface area contributed by atoms with Crippen molar-refractivity contribution in [1.82, 2.24) is 9.55 Å². The molecule has 150 valence electrons. The molecule has 5 rings (SSSR count). The van der Waals surface area contributed by atoms with Gasteiger partial charge in [0.15, 0.2) is 0 Å². The minimum atomic E-state index is -1.09. The van der Waals surface area contributed by atoms with E-state index in [0.717, 1.165) is 33.4 Å². The van der Waals surface area contributed by atoms with E-state index in [-0.39, 0.29) is 5.97 Å². The van der Waals surface area contributed by atoms with Crippen LogP contribution in [0.5, 0.6) is 0 Å². The second-order valence-electron chi connectivity index (χ2n) is 7.95. The number of aromatic nitrogens is 2. The van der Waals surface area contributed by atoms with Crippen LogP contribution in [0.2, 0.25) is 0 Å². The van der Waals surface area contributed by atoms with E-state index in [1.54, 1.807) is 18.3 Å². The lowest BCUT2D eigenvalue weighted by Gasteiger charge is -2.30. The molecule has 5 nitrogen and oxygen atoms in total. The summed E-state index contributed by atoms with van der Waals surface area (Å²) in [6.45, 7) is 2.07. The third kappa shape index (κ3) is 2.35. The summed E-state index contributed by atoms with van der Waals surface area (Å²) in [6, 6.07) is 20.0. The maximum Gasteiger partial charge on any atom is 0.341 e. The lowest BCUT2D eigenvalue weighted by atomic mass is 9.81. The molecule has 2 aromatic heterocycles. The quantitative estimate of drug-likeness (QED) is 0.481. The summed E-state index contributed by atoms with van der Waals surface area (Å²) in [4.78, 5) is 19.7. The Kier molecular flexibility index (Phi) is 3.97. The highest BCUT2D eigenvalue weighted by molar-refractivity contribution is 5.98. The maximum atomic E-state index is 13.0. The third-order valence-electron chi connectivity index (χ3n) is 6.15. The van der Waals surface area contributed by atoms with E-state index in [1.807, 2.05) is 62.4 Å². The van der Waals surface area contributed by atoms with Gasteiger partial charge in [-0.2, -0.15) is 0 Å². The van der Waals surface area contributed by atoms with Gasteiger partial charge in [0.25, 0.3) is 0 Å². The maximum absolute atomic E-state index is 13.0. The molecule has 0 spiro atoms. The molecule has 3 heterocycles. The van der Waals surface area contributed by atoms with E-state index >= 15 is 0 Å². The number of rotatable bonds is 3. The van der Waals surface area contributed by atoms with E-state index in [2.05, 4.69) is 28.6 Å². The number of benzene rings is 2. The SMILES string of the molecule is Cc1c(C2(c3ccc(N(C)C)cc3)OC(=O)c3cccnc32)c2ccccc2n1C. The zero-order valence-electron chi connectivity index (χ0n) is 17.5. The van der Waals surface area contributed by atoms with Gasteiger partial charge in [-0.15, -0.1) is 0 Å². The highest BCUT2D eigenvalue weighted by Crippen LogP contribution is 2.49. The number of aryl methyl sites for hydroxylation is 1. The number of cyclic esters (lactones) is 1. The number of fused-ring (bicyclic) bond motifs is 2. The molecular formula is C25H23N3O2. The van der Waals surface area contributed by atoms with Crippen molar-refractivity contribution < 1.29 is 9.53 Å². The topological polar surface area (TPSA) is 47.4 Å². The van der Waals surface area contributed by atoms with Crippen molar-refractivity contribution in [3.8, 4) is 0 Å². The number of nitrogens with zero attached hydrogens (tertiary/aromatic N) is 3. The summed E-state index contributed by atoms with van der Waals surface area (Å²) in [7, 11) is 6.05. The van der Waals surface area contributed by atoms with Gasteiger partial charge in [-0.3, -0.25) is 4.98 Å². The highest BCUT2D eigenvalue weighted by atomic mass is 16.6. The van der Waals surface area contributed by atoms with Crippen LogP contribution >= 0.6 is 0 Å². The standard InChI is InChI=1S/C25H23N3O2/c1-16-22(19-8-5-6-10-21(19)28(16)4)25(17-11-13-18(14-12-17)27(2)3)23-20(24(29)30-25)9-7-15-26-23/h5-15H,1-4H3. The number of esters is 1. The van der Waals surface area contributed by atoms with E-state index in [9.17, 15) is 4.79 Å². The second-order valence-corrected chi connectivity index (χ2v) is 7.95. The minimum absolute atomic E-state index is 0.345. The van der Waals surface area contributed by atoms with Gasteiger partial charge in [-0.05, 0) is 37.3 Å². The fraction of sp³-hybridized carbons (Fsp3) is 0.200. The van der Waals surface area contributed by atoms with Crippen LogP contribution in [-0.4, -0.2) is 29.6 Å². The first-order valence-electron chi connectivity index (χ1n) is 9.96. The smallest absolute Gasteiger partial charge is 0.341 e. The Balaban J connectivity index is 1.89. The zero-order chi connectivity index (χ0) is 21.0. The number of carbonyl (C=O) groups is 1. The molecule has 0 fully saturated rings. The van der Waals surface area contributed by atoms with Gasteiger partial charge >= 0.3 is 5.97 Å². The number of ether oxygens (including phenoxy) is 1. The summed E-state index contributed by atoms with van der Waals surface area (Å²) < 4.78 is 8.41. The van der Waals surface area contributed by atoms with Crippen molar-refractivity contribution in [1.29, 1.82) is 0 Å². The molecule has 0 bridgehead atoms. The number of hydrogen-bond acceptors (Lipinski definition) is 4. The van der Waals surface area contributed by atoms with Gasteiger partial charge in [0, 0.05) is 60.8 Å². The molecule has 1 atom stereocenters. The summed E-state index contributed by atoms with van der Waals surface area (Å²) >= 11 is 0. The van der Waals surface area contributed by atoms with Gasteiger partial charge in [0.05, 0.1) is 5.56 Å². The largest absolute Gasteiger partial charge is 0.439 e.